The summed E-state index contributed by atoms with van der Waals surface area (Å²) >= 11 is 0. The fourth-order valence-electron chi connectivity index (χ4n) is 1.68. The van der Waals surface area contributed by atoms with Gasteiger partial charge in [-0.3, -0.25) is 4.79 Å². The van der Waals surface area contributed by atoms with E-state index in [0.29, 0.717) is 5.75 Å². The van der Waals surface area contributed by atoms with Gasteiger partial charge in [0.05, 0.1) is 5.56 Å². The molecule has 1 heterocycles. The number of hydrogen-bond donors (Lipinski definition) is 0. The van der Waals surface area contributed by atoms with Crippen molar-refractivity contribution >= 4 is 5.78 Å². The number of carbonyl (C=O) groups is 1. The Balaban J connectivity index is 2.63. The molecule has 1 unspecified atom stereocenters. The maximum atomic E-state index is 13.3. The van der Waals surface area contributed by atoms with Crippen molar-refractivity contribution in [3.05, 3.63) is 29.1 Å². The van der Waals surface area contributed by atoms with E-state index in [1.807, 2.05) is 13.8 Å². The average Bonchev–Trinajstić information content (AvgIpc) is 2.10. The summed E-state index contributed by atoms with van der Waals surface area (Å²) in [5.74, 6) is -0.240. The lowest BCUT2D eigenvalue weighted by Crippen LogP contribution is -2.25. The molecule has 0 radical (unpaired) electrons. The molecule has 3 heteroatoms. The minimum Gasteiger partial charge on any atom is -0.489 e. The summed E-state index contributed by atoms with van der Waals surface area (Å²) in [5, 5.41) is 0. The molecule has 74 valence electrons. The summed E-state index contributed by atoms with van der Waals surface area (Å²) in [7, 11) is 0. The number of ether oxygens (including phenoxy) is 1. The summed E-state index contributed by atoms with van der Waals surface area (Å²) in [4.78, 5) is 11.5. The van der Waals surface area contributed by atoms with E-state index in [2.05, 4.69) is 0 Å². The van der Waals surface area contributed by atoms with Crippen molar-refractivity contribution in [2.45, 2.75) is 26.4 Å². The van der Waals surface area contributed by atoms with Gasteiger partial charge in [-0.1, -0.05) is 6.07 Å². The lowest BCUT2D eigenvalue weighted by Gasteiger charge is -2.23. The Morgan fingerprint density at radius 2 is 2.21 bits per heavy atom. The minimum atomic E-state index is -0.484. The number of carbonyl (C=O) groups excluding carboxylic acids is 1. The van der Waals surface area contributed by atoms with Crippen LogP contribution >= 0.6 is 0 Å². The number of ketones is 1. The largest absolute Gasteiger partial charge is 0.489 e. The molecule has 1 aromatic carbocycles. The Kier molecular flexibility index (Phi) is 2.02. The molecule has 0 aliphatic carbocycles. The zero-order chi connectivity index (χ0) is 10.3. The van der Waals surface area contributed by atoms with E-state index < -0.39 is 5.82 Å². The van der Waals surface area contributed by atoms with Crippen LogP contribution in [0.15, 0.2) is 12.1 Å². The fourth-order valence-corrected chi connectivity index (χ4v) is 1.68. The van der Waals surface area contributed by atoms with Crippen molar-refractivity contribution < 1.29 is 13.9 Å². The van der Waals surface area contributed by atoms with Crippen molar-refractivity contribution in [2.75, 3.05) is 0 Å². The topological polar surface area (TPSA) is 26.3 Å². The predicted molar refractivity (Wildman–Crippen MR) is 50.2 cm³/mol. The summed E-state index contributed by atoms with van der Waals surface area (Å²) in [6.45, 7) is 3.62. The normalized spacial score (nSPS) is 20.2. The third kappa shape index (κ3) is 1.29. The Morgan fingerprint density at radius 3 is 2.93 bits per heavy atom. The number of aryl methyl sites for hydroxylation is 1. The molecule has 0 saturated carbocycles. The molecule has 1 aromatic rings. The van der Waals surface area contributed by atoms with Crippen molar-refractivity contribution in [1.82, 2.24) is 0 Å². The minimum absolute atomic E-state index is 0.114. The molecule has 0 spiro atoms. The summed E-state index contributed by atoms with van der Waals surface area (Å²) in [6.07, 6.45) is 0.100. The molecule has 0 fully saturated rings. The van der Waals surface area contributed by atoms with Crippen LogP contribution in [0.4, 0.5) is 4.39 Å². The highest BCUT2D eigenvalue weighted by molar-refractivity contribution is 6.00. The standard InChI is InChI=1S/C11H11FO2/c1-6-3-4-8(12)10-9(13)5-7(2)14-11(6)10/h3-4,7H,5H2,1-2H3. The number of hydrogen-bond acceptors (Lipinski definition) is 2. The van der Waals surface area contributed by atoms with Gasteiger partial charge in [0.2, 0.25) is 0 Å². The third-order valence-electron chi connectivity index (χ3n) is 2.37. The second-order valence-electron chi connectivity index (χ2n) is 3.62. The fraction of sp³-hybridized carbons (Fsp3) is 0.364. The highest BCUT2D eigenvalue weighted by Gasteiger charge is 2.27. The van der Waals surface area contributed by atoms with Crippen LogP contribution in [0.2, 0.25) is 0 Å². The van der Waals surface area contributed by atoms with Crippen LogP contribution in [0, 0.1) is 12.7 Å². The lowest BCUT2D eigenvalue weighted by molar-refractivity contribution is 0.0863. The quantitative estimate of drug-likeness (QED) is 0.634. The van der Waals surface area contributed by atoms with Crippen molar-refractivity contribution in [1.29, 1.82) is 0 Å². The number of benzene rings is 1. The van der Waals surface area contributed by atoms with Gasteiger partial charge in [-0.15, -0.1) is 0 Å². The van der Waals surface area contributed by atoms with Gasteiger partial charge in [-0.25, -0.2) is 4.39 Å². The van der Waals surface area contributed by atoms with E-state index in [1.165, 1.54) is 6.07 Å². The zero-order valence-electron chi connectivity index (χ0n) is 8.13. The van der Waals surface area contributed by atoms with Crippen LogP contribution in [0.3, 0.4) is 0 Å². The first-order valence-electron chi connectivity index (χ1n) is 4.58. The van der Waals surface area contributed by atoms with E-state index in [-0.39, 0.29) is 23.9 Å². The summed E-state index contributed by atoms with van der Waals surface area (Å²) in [6, 6.07) is 2.94. The highest BCUT2D eigenvalue weighted by Crippen LogP contribution is 2.32. The SMILES string of the molecule is Cc1ccc(F)c2c1OC(C)CC2=O. The third-order valence-corrected chi connectivity index (χ3v) is 2.37. The second-order valence-corrected chi connectivity index (χ2v) is 3.62. The molecular formula is C11H11FO2. The smallest absolute Gasteiger partial charge is 0.173 e. The molecule has 0 N–H and O–H groups in total. The van der Waals surface area contributed by atoms with Gasteiger partial charge in [0.25, 0.3) is 0 Å². The molecule has 1 aliphatic rings. The lowest BCUT2D eigenvalue weighted by atomic mass is 9.98. The van der Waals surface area contributed by atoms with E-state index in [0.717, 1.165) is 5.56 Å². The van der Waals surface area contributed by atoms with Crippen LogP contribution < -0.4 is 4.74 Å². The maximum Gasteiger partial charge on any atom is 0.173 e. The molecule has 0 bridgehead atoms. The van der Waals surface area contributed by atoms with Gasteiger partial charge >= 0.3 is 0 Å². The van der Waals surface area contributed by atoms with Gasteiger partial charge in [0.1, 0.15) is 17.7 Å². The number of Topliss-reactive ketones (excluding diaryl/α,β-unsaturated/α-hetero) is 1. The maximum absolute atomic E-state index is 13.3. The zero-order valence-corrected chi connectivity index (χ0v) is 8.13. The Hall–Kier alpha value is -1.38. The van der Waals surface area contributed by atoms with Gasteiger partial charge in [-0.2, -0.15) is 0 Å². The van der Waals surface area contributed by atoms with E-state index in [9.17, 15) is 9.18 Å². The second kappa shape index (κ2) is 3.08. The van der Waals surface area contributed by atoms with Crippen LogP contribution in [-0.4, -0.2) is 11.9 Å². The molecule has 1 aliphatic heterocycles. The van der Waals surface area contributed by atoms with Crippen molar-refractivity contribution in [3.8, 4) is 5.75 Å². The summed E-state index contributed by atoms with van der Waals surface area (Å²) in [5.41, 5.74) is 0.921. The van der Waals surface area contributed by atoms with Crippen LogP contribution in [0.1, 0.15) is 29.3 Å². The van der Waals surface area contributed by atoms with Gasteiger partial charge in [-0.05, 0) is 25.5 Å². The monoisotopic (exact) mass is 194 g/mol. The van der Waals surface area contributed by atoms with Gasteiger partial charge < -0.3 is 4.74 Å². The first-order valence-corrected chi connectivity index (χ1v) is 4.58. The molecule has 0 amide bonds. The van der Waals surface area contributed by atoms with E-state index in [4.69, 9.17) is 4.74 Å². The first-order chi connectivity index (χ1) is 6.59. The first kappa shape index (κ1) is 9.19. The number of halogens is 1. The van der Waals surface area contributed by atoms with Crippen LogP contribution in [0.5, 0.6) is 5.75 Å². The Labute approximate surface area is 81.7 Å². The number of rotatable bonds is 0. The highest BCUT2D eigenvalue weighted by atomic mass is 19.1. The number of fused-ring (bicyclic) bond motifs is 1. The van der Waals surface area contributed by atoms with Crippen molar-refractivity contribution in [2.24, 2.45) is 0 Å². The van der Waals surface area contributed by atoms with Crippen molar-refractivity contribution in [3.63, 3.8) is 0 Å². The molecule has 2 rings (SSSR count). The molecule has 2 nitrogen and oxygen atoms in total. The molecular weight excluding hydrogens is 183 g/mol. The molecule has 14 heavy (non-hydrogen) atoms. The van der Waals surface area contributed by atoms with Gasteiger partial charge in [0, 0.05) is 6.42 Å². The molecule has 0 aromatic heterocycles. The van der Waals surface area contributed by atoms with E-state index in [1.54, 1.807) is 6.07 Å². The average molecular weight is 194 g/mol. The summed E-state index contributed by atoms with van der Waals surface area (Å²) < 4.78 is 18.8. The molecule has 0 saturated heterocycles. The molecule has 1 atom stereocenters. The van der Waals surface area contributed by atoms with Crippen LogP contribution in [0.25, 0.3) is 0 Å². The Bertz CT molecular complexity index is 399. The van der Waals surface area contributed by atoms with E-state index >= 15 is 0 Å². The Morgan fingerprint density at radius 1 is 1.50 bits per heavy atom. The van der Waals surface area contributed by atoms with Crippen LogP contribution in [-0.2, 0) is 0 Å². The van der Waals surface area contributed by atoms with Gasteiger partial charge in [0.15, 0.2) is 5.78 Å². The predicted octanol–water partition coefficient (Wildman–Crippen LogP) is 2.49.